The summed E-state index contributed by atoms with van der Waals surface area (Å²) >= 11 is 0. The Labute approximate surface area is 40.8 Å². The molecule has 0 fully saturated rings. The molecule has 0 aliphatic carbocycles. The van der Waals surface area contributed by atoms with Crippen LogP contribution >= 0.6 is 0 Å². The molecule has 0 rings (SSSR count). The summed E-state index contributed by atoms with van der Waals surface area (Å²) in [6, 6.07) is 0. The smallest absolute Gasteiger partial charge is 0.190 e. The van der Waals surface area contributed by atoms with Crippen molar-refractivity contribution in [2.24, 2.45) is 0 Å². The molecule has 0 atom stereocenters. The van der Waals surface area contributed by atoms with Gasteiger partial charge in [-0.3, -0.25) is 0 Å². The summed E-state index contributed by atoms with van der Waals surface area (Å²) in [5, 5.41) is -0.0625. The van der Waals surface area contributed by atoms with E-state index in [-0.39, 0.29) is 5.09 Å². The van der Waals surface area contributed by atoms with Gasteiger partial charge in [0.25, 0.3) is 0 Å². The molecule has 0 N–H and O–H groups in total. The monoisotopic (exact) mass is 104 g/mol. The number of hydrogen-bond acceptors (Lipinski definition) is 3. The van der Waals surface area contributed by atoms with E-state index in [9.17, 15) is 4.91 Å². The van der Waals surface area contributed by atoms with Crippen LogP contribution in [0.1, 0.15) is 0 Å². The van der Waals surface area contributed by atoms with Crippen LogP contribution in [0.5, 0.6) is 0 Å². The third-order valence-electron chi connectivity index (χ3n) is 0.310. The molecular weight excluding hydrogens is 98.0 g/mol. The van der Waals surface area contributed by atoms with Crippen molar-refractivity contribution in [1.29, 1.82) is 0 Å². The molecule has 0 radical (unpaired) electrons. The fourth-order valence-electron chi connectivity index (χ4n) is 0.104. The fourth-order valence-corrected chi connectivity index (χ4v) is 0.104. The van der Waals surface area contributed by atoms with Gasteiger partial charge < -0.3 is 0 Å². The van der Waals surface area contributed by atoms with E-state index >= 15 is 0 Å². The molecule has 0 aromatic rings. The maximum atomic E-state index is 9.81. The molecule has 40 valence electrons. The third kappa shape index (κ3) is 2.75. The maximum absolute atomic E-state index is 9.81. The van der Waals surface area contributed by atoms with E-state index in [2.05, 4.69) is 16.3 Å². The van der Waals surface area contributed by atoms with Gasteiger partial charge in [0.15, 0.2) is 13.4 Å². The van der Waals surface area contributed by atoms with Crippen LogP contribution in [-0.4, -0.2) is 12.2 Å². The van der Waals surface area contributed by atoms with Gasteiger partial charge in [-0.2, -0.15) is 9.68 Å². The van der Waals surface area contributed by atoms with Crippen LogP contribution in [0.25, 0.3) is 0 Å². The molecule has 0 aromatic carbocycles. The predicted molar refractivity (Wildman–Crippen MR) is 21.9 cm³/mol. The Morgan fingerprint density at radius 3 is 2.57 bits per heavy atom. The average molecular weight is 104 g/mol. The lowest BCUT2D eigenvalue weighted by Crippen LogP contribution is -2.01. The van der Waals surface area contributed by atoms with Crippen molar-refractivity contribution in [3.05, 3.63) is 17.7 Å². The van der Waals surface area contributed by atoms with Crippen molar-refractivity contribution in [3.8, 4) is 0 Å². The van der Waals surface area contributed by atoms with Gasteiger partial charge in [-0.1, -0.05) is 6.58 Å². The van der Waals surface area contributed by atoms with Crippen LogP contribution in [0.15, 0.2) is 12.8 Å². The van der Waals surface area contributed by atoms with Crippen molar-refractivity contribution < 1.29 is 14.8 Å². The normalized spacial score (nSPS) is 7.00. The zero-order chi connectivity index (χ0) is 5.70. The van der Waals surface area contributed by atoms with Crippen LogP contribution in [-0.2, 0) is 9.68 Å². The number of nitrogens with zero attached hydrogens (tertiary/aromatic N) is 1. The van der Waals surface area contributed by atoms with E-state index in [1.165, 1.54) is 7.11 Å². The SMILES string of the molecule is C=CO[N+](=O)OC. The Kier molecular flexibility index (Phi) is 2.67. The van der Waals surface area contributed by atoms with E-state index < -0.39 is 0 Å². The first kappa shape index (κ1) is 5.94. The Hall–Kier alpha value is -1.06. The molecule has 0 saturated carbocycles. The molecule has 0 heterocycles. The molecule has 0 spiro atoms. The van der Waals surface area contributed by atoms with Crippen molar-refractivity contribution in [3.63, 3.8) is 0 Å². The lowest BCUT2D eigenvalue weighted by molar-refractivity contribution is -0.965. The van der Waals surface area contributed by atoms with E-state index in [1.807, 2.05) is 0 Å². The average Bonchev–Trinajstić information content (AvgIpc) is 1.68. The van der Waals surface area contributed by atoms with Gasteiger partial charge in [0.1, 0.15) is 4.91 Å². The minimum Gasteiger partial charge on any atom is -0.190 e. The zero-order valence-electron chi connectivity index (χ0n) is 3.96. The van der Waals surface area contributed by atoms with Crippen molar-refractivity contribution >= 4 is 0 Å². The Balaban J connectivity index is 3.17. The second-order valence-corrected chi connectivity index (χ2v) is 0.678. The molecule has 4 nitrogen and oxygen atoms in total. The van der Waals surface area contributed by atoms with Gasteiger partial charge in [0, 0.05) is 0 Å². The minimum atomic E-state index is -0.0625. The van der Waals surface area contributed by atoms with Gasteiger partial charge in [-0.25, -0.2) is 0 Å². The largest absolute Gasteiger partial charge is 0.482 e. The van der Waals surface area contributed by atoms with E-state index in [0.29, 0.717) is 0 Å². The molecule has 0 aliphatic heterocycles. The van der Waals surface area contributed by atoms with Crippen LogP contribution in [0.3, 0.4) is 0 Å². The lowest BCUT2D eigenvalue weighted by atomic mass is 11.2. The van der Waals surface area contributed by atoms with Crippen LogP contribution in [0.2, 0.25) is 0 Å². The molecule has 4 heteroatoms. The highest BCUT2D eigenvalue weighted by Gasteiger charge is 2.01. The first-order valence-corrected chi connectivity index (χ1v) is 1.60. The van der Waals surface area contributed by atoms with Gasteiger partial charge in [-0.15, -0.1) is 0 Å². The summed E-state index contributed by atoms with van der Waals surface area (Å²) in [6.07, 6.45) is 0.969. The fraction of sp³-hybridized carbons (Fsp3) is 0.333. The molecule has 0 saturated heterocycles. The summed E-state index contributed by atoms with van der Waals surface area (Å²) < 4.78 is 0. The van der Waals surface area contributed by atoms with Crippen molar-refractivity contribution in [2.75, 3.05) is 7.11 Å². The van der Waals surface area contributed by atoms with Crippen LogP contribution < -0.4 is 0 Å². The van der Waals surface area contributed by atoms with Crippen molar-refractivity contribution in [1.82, 2.24) is 0 Å². The quantitative estimate of drug-likeness (QED) is 0.384. The first-order valence-electron chi connectivity index (χ1n) is 1.60. The Morgan fingerprint density at radius 2 is 2.43 bits per heavy atom. The van der Waals surface area contributed by atoms with Crippen molar-refractivity contribution in [2.45, 2.75) is 0 Å². The molecule has 0 amide bonds. The standard InChI is InChI=1S/C3H6NO3/c1-3-7-4(5)6-2/h3H,1H2,2H3/q+1. The second-order valence-electron chi connectivity index (χ2n) is 0.678. The highest BCUT2D eigenvalue weighted by atomic mass is 17.0. The van der Waals surface area contributed by atoms with Crippen LogP contribution in [0.4, 0.5) is 0 Å². The zero-order valence-corrected chi connectivity index (χ0v) is 3.96. The molecular formula is C3H6NO3+. The van der Waals surface area contributed by atoms with Gasteiger partial charge >= 0.3 is 5.09 Å². The predicted octanol–water partition coefficient (Wildman–Crippen LogP) is 0.402. The lowest BCUT2D eigenvalue weighted by Gasteiger charge is -1.75. The molecule has 0 bridgehead atoms. The summed E-state index contributed by atoms with van der Waals surface area (Å²) in [7, 11) is 1.19. The molecule has 0 unspecified atom stereocenters. The molecule has 7 heavy (non-hydrogen) atoms. The Morgan fingerprint density at radius 1 is 1.86 bits per heavy atom. The van der Waals surface area contributed by atoms with Gasteiger partial charge in [0.2, 0.25) is 0 Å². The van der Waals surface area contributed by atoms with Crippen LogP contribution in [0, 0.1) is 4.91 Å². The summed E-state index contributed by atoms with van der Waals surface area (Å²) in [6.45, 7) is 3.10. The summed E-state index contributed by atoms with van der Waals surface area (Å²) in [5.74, 6) is 0. The van der Waals surface area contributed by atoms with E-state index in [1.54, 1.807) is 0 Å². The van der Waals surface area contributed by atoms with Gasteiger partial charge in [-0.05, 0) is 0 Å². The number of rotatable bonds is 3. The third-order valence-corrected chi connectivity index (χ3v) is 0.310. The Bertz CT molecular complexity index is 80.2. The maximum Gasteiger partial charge on any atom is 0.482 e. The molecule has 0 aromatic heterocycles. The van der Waals surface area contributed by atoms with E-state index in [4.69, 9.17) is 0 Å². The topological polar surface area (TPSA) is 38.5 Å². The second kappa shape index (κ2) is 3.14. The first-order chi connectivity index (χ1) is 3.31. The number of hydrogen-bond donors (Lipinski definition) is 0. The van der Waals surface area contributed by atoms with E-state index in [0.717, 1.165) is 6.26 Å². The highest BCUT2D eigenvalue weighted by Crippen LogP contribution is 1.73. The van der Waals surface area contributed by atoms with Gasteiger partial charge in [0.05, 0.1) is 0 Å². The summed E-state index contributed by atoms with van der Waals surface area (Å²) in [4.78, 5) is 17.8. The molecule has 0 aliphatic rings. The minimum absolute atomic E-state index is 0.0625. The highest BCUT2D eigenvalue weighted by molar-refractivity contribution is 4.41. The summed E-state index contributed by atoms with van der Waals surface area (Å²) in [5.41, 5.74) is 0.